The molecule has 3 aromatic rings. The number of nitrogens with zero attached hydrogens (tertiary/aromatic N) is 5. The van der Waals surface area contributed by atoms with Crippen LogP contribution >= 0.6 is 0 Å². The molecule has 0 bridgehead atoms. The Balaban J connectivity index is 1.55. The van der Waals surface area contributed by atoms with Gasteiger partial charge in [-0.25, -0.2) is 4.98 Å². The maximum Gasteiger partial charge on any atom is 0.245 e. The van der Waals surface area contributed by atoms with Gasteiger partial charge in [0.15, 0.2) is 0 Å². The van der Waals surface area contributed by atoms with Gasteiger partial charge in [0.25, 0.3) is 0 Å². The van der Waals surface area contributed by atoms with E-state index in [1.807, 2.05) is 12.1 Å². The number of piperazine rings is 1. The molecule has 140 valence electrons. The van der Waals surface area contributed by atoms with E-state index in [9.17, 15) is 5.11 Å². The van der Waals surface area contributed by atoms with Gasteiger partial charge in [-0.3, -0.25) is 5.10 Å². The van der Waals surface area contributed by atoms with Crippen LogP contribution in [0, 0.1) is 0 Å². The van der Waals surface area contributed by atoms with Crippen molar-refractivity contribution >= 4 is 5.95 Å². The Morgan fingerprint density at radius 3 is 2.74 bits per heavy atom. The number of phenolic OH excluding ortho intramolecular Hbond substituents is 1. The Kier molecular flexibility index (Phi) is 4.72. The van der Waals surface area contributed by atoms with E-state index in [-0.39, 0.29) is 5.75 Å². The highest BCUT2D eigenvalue weighted by Crippen LogP contribution is 2.31. The average Bonchev–Trinajstić information content (AvgIpc) is 3.22. The Morgan fingerprint density at radius 1 is 1.19 bits per heavy atom. The molecule has 0 unspecified atom stereocenters. The average molecular weight is 365 g/mol. The molecule has 3 N–H and O–H groups in total. The third-order valence-electron chi connectivity index (χ3n) is 4.89. The molecular weight excluding hydrogens is 342 g/mol. The number of nitrogens with one attached hydrogen (secondary N) is 2. The SMILES string of the molecule is CC[C@@H]1CN(c2ncc(-c3ccc(-c4cn[nH]c4)cc3O)nn2)C[C@H](C)N1. The zero-order valence-corrected chi connectivity index (χ0v) is 15.4. The maximum atomic E-state index is 10.4. The second-order valence-electron chi connectivity index (χ2n) is 6.94. The van der Waals surface area contributed by atoms with Gasteiger partial charge in [-0.2, -0.15) is 5.10 Å². The lowest BCUT2D eigenvalue weighted by Crippen LogP contribution is -2.55. The summed E-state index contributed by atoms with van der Waals surface area (Å²) in [5, 5.41) is 29.3. The molecule has 27 heavy (non-hydrogen) atoms. The largest absolute Gasteiger partial charge is 0.507 e. The normalized spacial score (nSPS) is 20.0. The quantitative estimate of drug-likeness (QED) is 0.651. The van der Waals surface area contributed by atoms with Crippen molar-refractivity contribution in [3.8, 4) is 28.1 Å². The first kappa shape index (κ1) is 17.4. The summed E-state index contributed by atoms with van der Waals surface area (Å²) < 4.78 is 0. The number of H-pyrrole nitrogens is 1. The summed E-state index contributed by atoms with van der Waals surface area (Å²) in [6.45, 7) is 6.05. The molecule has 8 nitrogen and oxygen atoms in total. The van der Waals surface area contributed by atoms with Crippen molar-refractivity contribution in [3.05, 3.63) is 36.8 Å². The van der Waals surface area contributed by atoms with Gasteiger partial charge in [0.1, 0.15) is 11.4 Å². The van der Waals surface area contributed by atoms with Crippen molar-refractivity contribution in [1.29, 1.82) is 0 Å². The van der Waals surface area contributed by atoms with Crippen LogP contribution in [0.4, 0.5) is 5.95 Å². The van der Waals surface area contributed by atoms with Gasteiger partial charge in [-0.05, 0) is 31.0 Å². The van der Waals surface area contributed by atoms with Gasteiger partial charge in [0.05, 0.1) is 12.4 Å². The molecule has 0 amide bonds. The summed E-state index contributed by atoms with van der Waals surface area (Å²) in [6, 6.07) is 6.24. The monoisotopic (exact) mass is 365 g/mol. The molecule has 2 atom stereocenters. The Morgan fingerprint density at radius 2 is 2.07 bits per heavy atom. The zero-order valence-electron chi connectivity index (χ0n) is 15.4. The van der Waals surface area contributed by atoms with Crippen LogP contribution in [-0.4, -0.2) is 55.7 Å². The highest BCUT2D eigenvalue weighted by molar-refractivity contribution is 5.73. The van der Waals surface area contributed by atoms with E-state index in [1.54, 1.807) is 24.7 Å². The van der Waals surface area contributed by atoms with Gasteiger partial charge in [0, 0.05) is 42.5 Å². The summed E-state index contributed by atoms with van der Waals surface area (Å²) in [6.07, 6.45) is 6.22. The molecule has 1 aliphatic rings. The van der Waals surface area contributed by atoms with Crippen molar-refractivity contribution in [2.24, 2.45) is 0 Å². The van der Waals surface area contributed by atoms with Crippen molar-refractivity contribution < 1.29 is 5.11 Å². The fourth-order valence-electron chi connectivity index (χ4n) is 3.46. The highest BCUT2D eigenvalue weighted by Gasteiger charge is 2.24. The molecule has 0 saturated carbocycles. The number of hydrogen-bond acceptors (Lipinski definition) is 7. The molecule has 0 radical (unpaired) electrons. The number of aromatic hydroxyl groups is 1. The minimum absolute atomic E-state index is 0.138. The molecule has 1 aliphatic heterocycles. The minimum atomic E-state index is 0.138. The minimum Gasteiger partial charge on any atom is -0.507 e. The highest BCUT2D eigenvalue weighted by atomic mass is 16.3. The molecular formula is C19H23N7O. The van der Waals surface area contributed by atoms with Crippen LogP contribution in [0.2, 0.25) is 0 Å². The molecule has 0 aliphatic carbocycles. The number of phenols is 1. The van der Waals surface area contributed by atoms with E-state index in [4.69, 9.17) is 0 Å². The molecule has 2 aromatic heterocycles. The predicted octanol–water partition coefficient (Wildman–Crippen LogP) is 2.21. The van der Waals surface area contributed by atoms with Gasteiger partial charge in [-0.1, -0.05) is 13.0 Å². The van der Waals surface area contributed by atoms with Crippen LogP contribution in [-0.2, 0) is 0 Å². The van der Waals surface area contributed by atoms with Crippen molar-refractivity contribution in [2.75, 3.05) is 18.0 Å². The first-order chi connectivity index (χ1) is 13.1. The van der Waals surface area contributed by atoms with Crippen molar-refractivity contribution in [3.63, 3.8) is 0 Å². The van der Waals surface area contributed by atoms with Crippen LogP contribution in [0.15, 0.2) is 36.8 Å². The van der Waals surface area contributed by atoms with E-state index < -0.39 is 0 Å². The van der Waals surface area contributed by atoms with Gasteiger partial charge < -0.3 is 15.3 Å². The summed E-state index contributed by atoms with van der Waals surface area (Å²) in [5.41, 5.74) is 2.94. The van der Waals surface area contributed by atoms with E-state index in [1.165, 1.54) is 0 Å². The van der Waals surface area contributed by atoms with Crippen molar-refractivity contribution in [2.45, 2.75) is 32.4 Å². The summed E-state index contributed by atoms with van der Waals surface area (Å²) in [4.78, 5) is 6.65. The Hall–Kier alpha value is -3.00. The van der Waals surface area contributed by atoms with Gasteiger partial charge in [-0.15, -0.1) is 10.2 Å². The zero-order chi connectivity index (χ0) is 18.8. The first-order valence-electron chi connectivity index (χ1n) is 9.17. The summed E-state index contributed by atoms with van der Waals surface area (Å²) in [7, 11) is 0. The number of aromatic amines is 1. The molecule has 1 fully saturated rings. The van der Waals surface area contributed by atoms with E-state index >= 15 is 0 Å². The maximum absolute atomic E-state index is 10.4. The molecule has 3 heterocycles. The van der Waals surface area contributed by atoms with E-state index in [0.29, 0.717) is 29.3 Å². The summed E-state index contributed by atoms with van der Waals surface area (Å²) in [5.74, 6) is 0.763. The lowest BCUT2D eigenvalue weighted by molar-refractivity contribution is 0.376. The predicted molar refractivity (Wildman–Crippen MR) is 103 cm³/mol. The molecule has 0 spiro atoms. The van der Waals surface area contributed by atoms with Gasteiger partial charge in [0.2, 0.25) is 5.95 Å². The second-order valence-corrected chi connectivity index (χ2v) is 6.94. The molecule has 8 heteroatoms. The summed E-state index contributed by atoms with van der Waals surface area (Å²) >= 11 is 0. The van der Waals surface area contributed by atoms with Crippen LogP contribution in [0.25, 0.3) is 22.4 Å². The number of aromatic nitrogens is 5. The number of hydrogen-bond donors (Lipinski definition) is 3. The smallest absolute Gasteiger partial charge is 0.245 e. The first-order valence-corrected chi connectivity index (χ1v) is 9.17. The van der Waals surface area contributed by atoms with Crippen LogP contribution in [0.3, 0.4) is 0 Å². The number of anilines is 1. The third-order valence-corrected chi connectivity index (χ3v) is 4.89. The van der Waals surface area contributed by atoms with E-state index in [0.717, 1.165) is 30.6 Å². The van der Waals surface area contributed by atoms with E-state index in [2.05, 4.69) is 49.4 Å². The molecule has 1 saturated heterocycles. The topological polar surface area (TPSA) is 103 Å². The Bertz CT molecular complexity index is 895. The second kappa shape index (κ2) is 7.32. The van der Waals surface area contributed by atoms with Crippen LogP contribution in [0.1, 0.15) is 20.3 Å². The Labute approximate surface area is 157 Å². The number of rotatable bonds is 4. The lowest BCUT2D eigenvalue weighted by atomic mass is 10.0. The van der Waals surface area contributed by atoms with Crippen LogP contribution < -0.4 is 10.2 Å². The molecule has 4 rings (SSSR count). The van der Waals surface area contributed by atoms with Crippen LogP contribution in [0.5, 0.6) is 5.75 Å². The number of benzene rings is 1. The van der Waals surface area contributed by atoms with Crippen molar-refractivity contribution in [1.82, 2.24) is 30.7 Å². The molecule has 1 aromatic carbocycles. The third kappa shape index (κ3) is 3.61. The standard InChI is InChI=1S/C19H23N7O/c1-3-15-11-26(10-12(2)23-15)19-20-9-17(24-25-19)16-5-4-13(6-18(16)27)14-7-21-22-8-14/h4-9,12,15,23,27H,3,10-11H2,1-2H3,(H,21,22)/t12-,15+/m0/s1. The fraction of sp³-hybridized carbons (Fsp3) is 0.368. The van der Waals surface area contributed by atoms with Gasteiger partial charge >= 0.3 is 0 Å². The lowest BCUT2D eigenvalue weighted by Gasteiger charge is -2.37. The fourth-order valence-corrected chi connectivity index (χ4v) is 3.46.